The van der Waals surface area contributed by atoms with Crippen LogP contribution in [-0.4, -0.2) is 35.1 Å². The second kappa shape index (κ2) is 3.23. The molecular weight excluding hydrogens is 178 g/mol. The maximum absolute atomic E-state index is 12.0. The number of likely N-dealkylation sites (tertiary alicyclic amines) is 1. The Morgan fingerprint density at radius 3 is 2.36 bits per heavy atom. The molecule has 2 aliphatic rings. The fourth-order valence-corrected chi connectivity index (χ4v) is 2.31. The molecule has 1 amide bonds. The second-order valence-corrected chi connectivity index (χ2v) is 5.05. The summed E-state index contributed by atoms with van der Waals surface area (Å²) < 4.78 is 0. The standard InChI is InChI=1S/C11H19NO2/c1-8-7-11(8,2)10(14)12-5-3-9(13)4-6-12/h8-9,13H,3-7H2,1-2H3/t8-,11-/m1/s1. The first-order valence-electron chi connectivity index (χ1n) is 5.51. The van der Waals surface area contributed by atoms with E-state index in [1.54, 1.807) is 0 Å². The van der Waals surface area contributed by atoms with Gasteiger partial charge in [-0.05, 0) is 25.2 Å². The van der Waals surface area contributed by atoms with Gasteiger partial charge in [-0.3, -0.25) is 4.79 Å². The summed E-state index contributed by atoms with van der Waals surface area (Å²) in [5.41, 5.74) is -0.0811. The second-order valence-electron chi connectivity index (χ2n) is 5.05. The molecule has 1 aliphatic heterocycles. The lowest BCUT2D eigenvalue weighted by molar-refractivity contribution is -0.138. The smallest absolute Gasteiger partial charge is 0.228 e. The molecule has 80 valence electrons. The van der Waals surface area contributed by atoms with E-state index in [4.69, 9.17) is 0 Å². The van der Waals surface area contributed by atoms with Crippen LogP contribution in [0.25, 0.3) is 0 Å². The predicted octanol–water partition coefficient (Wildman–Crippen LogP) is 1.02. The summed E-state index contributed by atoms with van der Waals surface area (Å²) in [5, 5.41) is 9.34. The van der Waals surface area contributed by atoms with Crippen molar-refractivity contribution >= 4 is 5.91 Å². The minimum Gasteiger partial charge on any atom is -0.393 e. The van der Waals surface area contributed by atoms with Crippen molar-refractivity contribution < 1.29 is 9.90 Å². The third kappa shape index (κ3) is 1.54. The first-order valence-corrected chi connectivity index (χ1v) is 5.51. The van der Waals surface area contributed by atoms with Gasteiger partial charge < -0.3 is 10.0 Å². The quantitative estimate of drug-likeness (QED) is 0.681. The van der Waals surface area contributed by atoms with E-state index in [2.05, 4.69) is 13.8 Å². The molecule has 1 N–H and O–H groups in total. The first kappa shape index (κ1) is 9.97. The average molecular weight is 197 g/mol. The summed E-state index contributed by atoms with van der Waals surface area (Å²) in [6, 6.07) is 0. The summed E-state index contributed by atoms with van der Waals surface area (Å²) in [4.78, 5) is 14.0. The summed E-state index contributed by atoms with van der Waals surface area (Å²) in [5.74, 6) is 0.846. The normalized spacial score (nSPS) is 38.5. The van der Waals surface area contributed by atoms with Gasteiger partial charge in [-0.2, -0.15) is 0 Å². The Hall–Kier alpha value is -0.570. The molecule has 0 aromatic carbocycles. The minimum atomic E-state index is -0.191. The molecule has 0 bridgehead atoms. The van der Waals surface area contributed by atoms with Crippen LogP contribution in [0, 0.1) is 11.3 Å². The van der Waals surface area contributed by atoms with Gasteiger partial charge in [0.2, 0.25) is 5.91 Å². The zero-order valence-electron chi connectivity index (χ0n) is 8.99. The highest BCUT2D eigenvalue weighted by atomic mass is 16.3. The van der Waals surface area contributed by atoms with Gasteiger partial charge in [-0.15, -0.1) is 0 Å². The number of nitrogens with zero attached hydrogens (tertiary/aromatic N) is 1. The molecule has 2 rings (SSSR count). The van der Waals surface area contributed by atoms with Crippen LogP contribution in [0.15, 0.2) is 0 Å². The van der Waals surface area contributed by atoms with E-state index in [-0.39, 0.29) is 11.5 Å². The molecule has 0 unspecified atom stereocenters. The number of hydrogen-bond donors (Lipinski definition) is 1. The van der Waals surface area contributed by atoms with Crippen molar-refractivity contribution in [3.8, 4) is 0 Å². The van der Waals surface area contributed by atoms with Crippen LogP contribution in [0.5, 0.6) is 0 Å². The number of hydrogen-bond acceptors (Lipinski definition) is 2. The van der Waals surface area contributed by atoms with Gasteiger partial charge in [0, 0.05) is 18.5 Å². The van der Waals surface area contributed by atoms with Crippen molar-refractivity contribution in [1.82, 2.24) is 4.90 Å². The van der Waals surface area contributed by atoms with Gasteiger partial charge in [-0.1, -0.05) is 13.8 Å². The Morgan fingerprint density at radius 2 is 1.93 bits per heavy atom. The maximum atomic E-state index is 12.0. The van der Waals surface area contributed by atoms with Crippen LogP contribution < -0.4 is 0 Å². The molecule has 14 heavy (non-hydrogen) atoms. The van der Waals surface area contributed by atoms with E-state index in [9.17, 15) is 9.90 Å². The minimum absolute atomic E-state index is 0.0811. The summed E-state index contributed by atoms with van der Waals surface area (Å²) in [6.45, 7) is 5.67. The maximum Gasteiger partial charge on any atom is 0.228 e. The summed E-state index contributed by atoms with van der Waals surface area (Å²) >= 11 is 0. The van der Waals surface area contributed by atoms with Crippen LogP contribution in [0.1, 0.15) is 33.1 Å². The molecule has 0 aromatic rings. The van der Waals surface area contributed by atoms with Crippen LogP contribution in [0.2, 0.25) is 0 Å². The van der Waals surface area contributed by atoms with Gasteiger partial charge in [0.05, 0.1) is 6.10 Å². The zero-order chi connectivity index (χ0) is 10.3. The summed E-state index contributed by atoms with van der Waals surface area (Å²) in [6.07, 6.45) is 2.33. The summed E-state index contributed by atoms with van der Waals surface area (Å²) in [7, 11) is 0. The molecule has 3 heteroatoms. The van der Waals surface area contributed by atoms with Crippen molar-refractivity contribution in [1.29, 1.82) is 0 Å². The molecule has 0 radical (unpaired) electrons. The molecular formula is C11H19NO2. The van der Waals surface area contributed by atoms with Crippen molar-refractivity contribution in [3.05, 3.63) is 0 Å². The van der Waals surface area contributed by atoms with Gasteiger partial charge in [0.15, 0.2) is 0 Å². The van der Waals surface area contributed by atoms with Crippen molar-refractivity contribution in [3.63, 3.8) is 0 Å². The topological polar surface area (TPSA) is 40.5 Å². The number of aliphatic hydroxyl groups excluding tert-OH is 1. The van der Waals surface area contributed by atoms with Crippen LogP contribution in [0.3, 0.4) is 0 Å². The number of piperidine rings is 1. The number of carbonyl (C=O) groups excluding carboxylic acids is 1. The average Bonchev–Trinajstić information content (AvgIpc) is 2.76. The Labute approximate surface area is 85.1 Å². The van der Waals surface area contributed by atoms with Crippen LogP contribution >= 0.6 is 0 Å². The SMILES string of the molecule is C[C@@H]1C[C@@]1(C)C(=O)N1CCC(O)CC1. The van der Waals surface area contributed by atoms with Crippen LogP contribution in [-0.2, 0) is 4.79 Å². The Kier molecular flexibility index (Phi) is 2.30. The highest BCUT2D eigenvalue weighted by Gasteiger charge is 2.54. The molecule has 3 nitrogen and oxygen atoms in total. The van der Waals surface area contributed by atoms with Gasteiger partial charge in [-0.25, -0.2) is 0 Å². The molecule has 2 atom stereocenters. The van der Waals surface area contributed by atoms with Crippen LogP contribution in [0.4, 0.5) is 0 Å². The van der Waals surface area contributed by atoms with E-state index in [1.807, 2.05) is 4.90 Å². The van der Waals surface area contributed by atoms with Gasteiger partial charge in [0.25, 0.3) is 0 Å². The van der Waals surface area contributed by atoms with E-state index < -0.39 is 0 Å². The molecule has 0 spiro atoms. The third-order valence-electron chi connectivity index (χ3n) is 3.90. The van der Waals surface area contributed by atoms with Crippen molar-refractivity contribution in [2.75, 3.05) is 13.1 Å². The fraction of sp³-hybridized carbons (Fsp3) is 0.909. The molecule has 2 fully saturated rings. The largest absolute Gasteiger partial charge is 0.393 e. The Bertz CT molecular complexity index is 246. The van der Waals surface area contributed by atoms with Crippen molar-refractivity contribution in [2.45, 2.75) is 39.2 Å². The molecule has 0 aromatic heterocycles. The lowest BCUT2D eigenvalue weighted by atomic mass is 10.0. The van der Waals surface area contributed by atoms with E-state index in [0.717, 1.165) is 32.4 Å². The molecule has 1 saturated heterocycles. The lowest BCUT2D eigenvalue weighted by Gasteiger charge is -2.32. The highest BCUT2D eigenvalue weighted by Crippen LogP contribution is 2.53. The number of rotatable bonds is 1. The lowest BCUT2D eigenvalue weighted by Crippen LogP contribution is -2.43. The number of amides is 1. The molecule has 1 aliphatic carbocycles. The fourth-order valence-electron chi connectivity index (χ4n) is 2.31. The molecule has 1 heterocycles. The van der Waals surface area contributed by atoms with Gasteiger partial charge >= 0.3 is 0 Å². The Morgan fingerprint density at radius 1 is 1.43 bits per heavy atom. The van der Waals surface area contributed by atoms with E-state index in [0.29, 0.717) is 11.8 Å². The van der Waals surface area contributed by atoms with E-state index >= 15 is 0 Å². The molecule has 1 saturated carbocycles. The highest BCUT2D eigenvalue weighted by molar-refractivity contribution is 5.85. The number of aliphatic hydroxyl groups is 1. The number of carbonyl (C=O) groups is 1. The zero-order valence-corrected chi connectivity index (χ0v) is 8.99. The third-order valence-corrected chi connectivity index (χ3v) is 3.90. The monoisotopic (exact) mass is 197 g/mol. The van der Waals surface area contributed by atoms with Gasteiger partial charge in [0.1, 0.15) is 0 Å². The Balaban J connectivity index is 1.93. The first-order chi connectivity index (χ1) is 6.54. The predicted molar refractivity (Wildman–Crippen MR) is 53.7 cm³/mol. The van der Waals surface area contributed by atoms with E-state index in [1.165, 1.54) is 0 Å². The van der Waals surface area contributed by atoms with Crippen molar-refractivity contribution in [2.24, 2.45) is 11.3 Å².